The van der Waals surface area contributed by atoms with Crippen molar-refractivity contribution in [1.82, 2.24) is 5.43 Å². The van der Waals surface area contributed by atoms with Crippen LogP contribution in [-0.4, -0.2) is 25.1 Å². The highest BCUT2D eigenvalue weighted by Crippen LogP contribution is 2.32. The number of rotatable bonds is 5. The molecule has 1 aliphatic heterocycles. The van der Waals surface area contributed by atoms with Gasteiger partial charge in [-0.3, -0.25) is 10.2 Å². The molecule has 4 aromatic rings. The highest BCUT2D eigenvalue weighted by molar-refractivity contribution is 7.89. The van der Waals surface area contributed by atoms with Gasteiger partial charge in [0.2, 0.25) is 10.0 Å². The van der Waals surface area contributed by atoms with Gasteiger partial charge in [0.15, 0.2) is 10.8 Å². The zero-order valence-corrected chi connectivity index (χ0v) is 21.4. The molecule has 4 aromatic carbocycles. The third-order valence-electron chi connectivity index (χ3n) is 6.01. The molecule has 1 aliphatic rings. The minimum Gasteiger partial charge on any atom is -0.331 e. The molecule has 10 heteroatoms. The summed E-state index contributed by atoms with van der Waals surface area (Å²) in [5.41, 5.74) is 7.04. The van der Waals surface area contributed by atoms with Gasteiger partial charge in [-0.15, -0.1) is 0 Å². The van der Waals surface area contributed by atoms with Crippen molar-refractivity contribution in [2.24, 2.45) is 10.2 Å². The Labute approximate surface area is 219 Å². The molecule has 1 amide bonds. The van der Waals surface area contributed by atoms with Gasteiger partial charge in [0, 0.05) is 11.3 Å². The van der Waals surface area contributed by atoms with Crippen LogP contribution >= 0.6 is 12.2 Å². The fraction of sp³-hybridized carbons (Fsp3) is 0.0741. The van der Waals surface area contributed by atoms with E-state index in [9.17, 15) is 13.2 Å². The Morgan fingerprint density at radius 3 is 2.43 bits per heavy atom. The average Bonchev–Trinajstić information content (AvgIpc) is 3.12. The van der Waals surface area contributed by atoms with E-state index in [4.69, 9.17) is 17.4 Å². The number of aryl methyl sites for hydroxylation is 1. The molecule has 0 spiro atoms. The molecule has 186 valence electrons. The minimum atomic E-state index is -3.79. The SMILES string of the molecule is Cc1ccc2c(c1)C(=NNC(=S)Nc1ccc(S(N)(=O)=O)cc1)C(=O)N2Cc1ccc2ccccc2c1. The summed E-state index contributed by atoms with van der Waals surface area (Å²) in [5.74, 6) is -0.235. The van der Waals surface area contributed by atoms with Gasteiger partial charge in [-0.1, -0.05) is 48.0 Å². The molecule has 0 atom stereocenters. The lowest BCUT2D eigenvalue weighted by Crippen LogP contribution is -2.32. The van der Waals surface area contributed by atoms with Crippen molar-refractivity contribution < 1.29 is 13.2 Å². The third kappa shape index (κ3) is 5.21. The largest absolute Gasteiger partial charge is 0.331 e. The van der Waals surface area contributed by atoms with Crippen molar-refractivity contribution >= 4 is 61.1 Å². The lowest BCUT2D eigenvalue weighted by molar-refractivity contribution is -0.112. The molecule has 37 heavy (non-hydrogen) atoms. The molecular weight excluding hydrogens is 506 g/mol. The molecule has 0 aliphatic carbocycles. The molecule has 0 bridgehead atoms. The Morgan fingerprint density at radius 2 is 1.70 bits per heavy atom. The summed E-state index contributed by atoms with van der Waals surface area (Å²) in [5, 5.41) is 14.8. The maximum absolute atomic E-state index is 13.5. The van der Waals surface area contributed by atoms with Crippen LogP contribution in [0.15, 0.2) is 94.9 Å². The first-order chi connectivity index (χ1) is 17.7. The van der Waals surface area contributed by atoms with Crippen LogP contribution < -0.4 is 20.8 Å². The molecule has 8 nitrogen and oxygen atoms in total. The number of hydrazone groups is 1. The Balaban J connectivity index is 1.36. The number of nitrogens with zero attached hydrogens (tertiary/aromatic N) is 2. The second-order valence-electron chi connectivity index (χ2n) is 8.69. The zero-order valence-electron chi connectivity index (χ0n) is 19.8. The van der Waals surface area contributed by atoms with E-state index in [0.29, 0.717) is 12.2 Å². The first-order valence-electron chi connectivity index (χ1n) is 11.4. The molecule has 5 rings (SSSR count). The van der Waals surface area contributed by atoms with E-state index in [0.717, 1.165) is 33.2 Å². The smallest absolute Gasteiger partial charge is 0.279 e. The highest BCUT2D eigenvalue weighted by Gasteiger charge is 2.34. The van der Waals surface area contributed by atoms with E-state index in [2.05, 4.69) is 40.1 Å². The van der Waals surface area contributed by atoms with Crippen LogP contribution in [0.2, 0.25) is 0 Å². The van der Waals surface area contributed by atoms with Crippen molar-refractivity contribution in [1.29, 1.82) is 0 Å². The molecule has 0 fully saturated rings. The second kappa shape index (κ2) is 9.74. The minimum absolute atomic E-state index is 0.00722. The molecule has 4 N–H and O–H groups in total. The van der Waals surface area contributed by atoms with E-state index in [-0.39, 0.29) is 21.6 Å². The third-order valence-corrected chi connectivity index (χ3v) is 7.13. The van der Waals surface area contributed by atoms with E-state index in [1.807, 2.05) is 43.3 Å². The summed E-state index contributed by atoms with van der Waals surface area (Å²) in [6.45, 7) is 2.36. The van der Waals surface area contributed by atoms with Crippen molar-refractivity contribution in [3.63, 3.8) is 0 Å². The van der Waals surface area contributed by atoms with E-state index in [1.165, 1.54) is 24.3 Å². The van der Waals surface area contributed by atoms with Crippen molar-refractivity contribution in [3.05, 3.63) is 102 Å². The number of hydrogen-bond acceptors (Lipinski definition) is 5. The Bertz CT molecular complexity index is 1680. The number of nitrogens with one attached hydrogen (secondary N) is 2. The Morgan fingerprint density at radius 1 is 0.973 bits per heavy atom. The highest BCUT2D eigenvalue weighted by atomic mass is 32.2. The predicted molar refractivity (Wildman–Crippen MR) is 150 cm³/mol. The van der Waals surface area contributed by atoms with Crippen LogP contribution in [-0.2, 0) is 21.4 Å². The predicted octanol–water partition coefficient (Wildman–Crippen LogP) is 4.03. The monoisotopic (exact) mass is 529 g/mol. The number of anilines is 2. The van der Waals surface area contributed by atoms with Crippen LogP contribution in [0.5, 0.6) is 0 Å². The van der Waals surface area contributed by atoms with Gasteiger partial charge in [-0.05, 0) is 77.9 Å². The summed E-state index contributed by atoms with van der Waals surface area (Å²) >= 11 is 5.32. The second-order valence-corrected chi connectivity index (χ2v) is 10.7. The number of carbonyl (C=O) groups excluding carboxylic acids is 1. The number of fused-ring (bicyclic) bond motifs is 2. The Hall–Kier alpha value is -4.12. The van der Waals surface area contributed by atoms with Gasteiger partial charge in [0.25, 0.3) is 5.91 Å². The lowest BCUT2D eigenvalue weighted by atomic mass is 10.1. The lowest BCUT2D eigenvalue weighted by Gasteiger charge is -2.17. The van der Waals surface area contributed by atoms with Crippen molar-refractivity contribution in [2.45, 2.75) is 18.4 Å². The maximum atomic E-state index is 13.5. The van der Waals surface area contributed by atoms with Crippen LogP contribution in [0.1, 0.15) is 16.7 Å². The van der Waals surface area contributed by atoms with E-state index < -0.39 is 10.0 Å². The molecule has 0 saturated heterocycles. The van der Waals surface area contributed by atoms with Gasteiger partial charge in [0.05, 0.1) is 17.1 Å². The normalized spacial score (nSPS) is 14.2. The van der Waals surface area contributed by atoms with Crippen LogP contribution in [0.3, 0.4) is 0 Å². The Kier molecular flexibility index (Phi) is 6.46. The fourth-order valence-electron chi connectivity index (χ4n) is 4.21. The van der Waals surface area contributed by atoms with Crippen LogP contribution in [0, 0.1) is 6.92 Å². The summed E-state index contributed by atoms with van der Waals surface area (Å²) in [4.78, 5) is 15.2. The zero-order chi connectivity index (χ0) is 26.2. The van der Waals surface area contributed by atoms with Gasteiger partial charge in [0.1, 0.15) is 0 Å². The van der Waals surface area contributed by atoms with E-state index >= 15 is 0 Å². The number of amides is 1. The van der Waals surface area contributed by atoms with E-state index in [1.54, 1.807) is 4.90 Å². The number of carbonyl (C=O) groups is 1. The summed E-state index contributed by atoms with van der Waals surface area (Å²) < 4.78 is 22.9. The average molecular weight is 530 g/mol. The van der Waals surface area contributed by atoms with Crippen LogP contribution in [0.4, 0.5) is 11.4 Å². The molecule has 0 unspecified atom stereocenters. The number of benzene rings is 4. The molecule has 0 radical (unpaired) electrons. The summed E-state index contributed by atoms with van der Waals surface area (Å²) in [6.07, 6.45) is 0. The number of thiocarbonyl (C=S) groups is 1. The standard InChI is InChI=1S/C27H23N5O3S2/c1-17-6-13-24-23(14-17)25(30-31-27(36)29-21-9-11-22(12-10-21)37(28,34)35)26(33)32(24)16-18-7-8-19-4-2-3-5-20(19)15-18/h2-15H,16H2,1H3,(H2,28,34,35)(H2,29,31,36). The quantitative estimate of drug-likeness (QED) is 0.265. The first kappa shape index (κ1) is 24.6. The number of hydrogen-bond donors (Lipinski definition) is 3. The molecule has 0 saturated carbocycles. The molecule has 1 heterocycles. The summed E-state index contributed by atoms with van der Waals surface area (Å²) in [6, 6.07) is 25.9. The number of primary sulfonamides is 1. The van der Waals surface area contributed by atoms with Crippen molar-refractivity contribution in [2.75, 3.05) is 10.2 Å². The van der Waals surface area contributed by atoms with Gasteiger partial charge < -0.3 is 10.2 Å². The van der Waals surface area contributed by atoms with Gasteiger partial charge in [-0.25, -0.2) is 13.6 Å². The number of sulfonamides is 1. The fourth-order valence-corrected chi connectivity index (χ4v) is 4.88. The number of nitrogens with two attached hydrogens (primary N) is 1. The maximum Gasteiger partial charge on any atom is 0.279 e. The van der Waals surface area contributed by atoms with Gasteiger partial charge in [-0.2, -0.15) is 5.10 Å². The molecular formula is C27H23N5O3S2. The topological polar surface area (TPSA) is 117 Å². The van der Waals surface area contributed by atoms with Gasteiger partial charge >= 0.3 is 0 Å². The molecule has 0 aromatic heterocycles. The van der Waals surface area contributed by atoms with Crippen molar-refractivity contribution in [3.8, 4) is 0 Å². The van der Waals surface area contributed by atoms with Crippen LogP contribution in [0.25, 0.3) is 10.8 Å². The first-order valence-corrected chi connectivity index (χ1v) is 13.3. The summed E-state index contributed by atoms with van der Waals surface area (Å²) in [7, 11) is -3.79.